The van der Waals surface area contributed by atoms with Gasteiger partial charge < -0.3 is 15.2 Å². The fourth-order valence-electron chi connectivity index (χ4n) is 3.78. The third kappa shape index (κ3) is 3.62. The zero-order chi connectivity index (χ0) is 14.0. The molecular formula is C15H27NO3. The van der Waals surface area contributed by atoms with Crippen LogP contribution in [0.4, 0.5) is 4.79 Å². The van der Waals surface area contributed by atoms with E-state index in [0.29, 0.717) is 11.8 Å². The third-order valence-electron chi connectivity index (χ3n) is 4.50. The van der Waals surface area contributed by atoms with Crippen molar-refractivity contribution in [1.82, 2.24) is 5.32 Å². The summed E-state index contributed by atoms with van der Waals surface area (Å²) in [5, 5.41) is 12.6. The van der Waals surface area contributed by atoms with Crippen molar-refractivity contribution in [2.75, 3.05) is 6.61 Å². The molecule has 2 rings (SSSR count). The topological polar surface area (TPSA) is 58.6 Å². The predicted molar refractivity (Wildman–Crippen MR) is 73.8 cm³/mol. The molecule has 0 aromatic rings. The fourth-order valence-corrected chi connectivity index (χ4v) is 3.78. The van der Waals surface area contributed by atoms with Gasteiger partial charge in [-0.3, -0.25) is 0 Å². The molecule has 4 heteroatoms. The van der Waals surface area contributed by atoms with Crippen molar-refractivity contribution in [3.8, 4) is 0 Å². The van der Waals surface area contributed by atoms with E-state index in [1.165, 1.54) is 25.7 Å². The van der Waals surface area contributed by atoms with Gasteiger partial charge in [-0.15, -0.1) is 0 Å². The summed E-state index contributed by atoms with van der Waals surface area (Å²) in [5.74, 6) is 1.46. The summed E-state index contributed by atoms with van der Waals surface area (Å²) in [6.45, 7) is 5.77. The van der Waals surface area contributed by atoms with Gasteiger partial charge in [0.25, 0.3) is 0 Å². The number of carbonyl (C=O) groups is 1. The lowest BCUT2D eigenvalue weighted by atomic mass is 9.78. The van der Waals surface area contributed by atoms with Crippen LogP contribution >= 0.6 is 0 Å². The molecule has 0 spiro atoms. The minimum absolute atomic E-state index is 0.0768. The smallest absolute Gasteiger partial charge is 0.407 e. The molecule has 4 atom stereocenters. The van der Waals surface area contributed by atoms with Gasteiger partial charge in [0.15, 0.2) is 0 Å². The van der Waals surface area contributed by atoms with Crippen molar-refractivity contribution in [2.24, 2.45) is 17.8 Å². The van der Waals surface area contributed by atoms with Crippen LogP contribution in [-0.2, 0) is 4.74 Å². The summed E-state index contributed by atoms with van der Waals surface area (Å²) in [5.41, 5.74) is -0.468. The maximum absolute atomic E-state index is 11.9. The van der Waals surface area contributed by atoms with Crippen LogP contribution in [0, 0.1) is 17.8 Å². The number of fused-ring (bicyclic) bond motifs is 1. The molecular weight excluding hydrogens is 242 g/mol. The van der Waals surface area contributed by atoms with E-state index >= 15 is 0 Å². The summed E-state index contributed by atoms with van der Waals surface area (Å²) in [6.07, 6.45) is 5.63. The number of hydrogen-bond donors (Lipinski definition) is 2. The van der Waals surface area contributed by atoms with E-state index < -0.39 is 5.60 Å². The lowest BCUT2D eigenvalue weighted by Crippen LogP contribution is -2.42. The predicted octanol–water partition coefficient (Wildman–Crippen LogP) is 2.70. The number of rotatable bonds is 2. The average Bonchev–Trinajstić information content (AvgIpc) is 2.63. The van der Waals surface area contributed by atoms with Crippen molar-refractivity contribution in [3.05, 3.63) is 0 Å². The van der Waals surface area contributed by atoms with Crippen molar-refractivity contribution in [1.29, 1.82) is 0 Å². The Morgan fingerprint density at radius 2 is 2.00 bits per heavy atom. The molecule has 0 unspecified atom stereocenters. The number of hydrogen-bond acceptors (Lipinski definition) is 3. The second kappa shape index (κ2) is 5.70. The van der Waals surface area contributed by atoms with E-state index in [9.17, 15) is 9.90 Å². The molecule has 0 bridgehead atoms. The second-order valence-corrected chi connectivity index (χ2v) is 7.04. The van der Waals surface area contributed by atoms with E-state index in [2.05, 4.69) is 5.32 Å². The van der Waals surface area contributed by atoms with Crippen LogP contribution in [-0.4, -0.2) is 29.4 Å². The van der Waals surface area contributed by atoms with Crippen molar-refractivity contribution in [3.63, 3.8) is 0 Å². The molecule has 0 aromatic carbocycles. The first-order valence-corrected chi connectivity index (χ1v) is 7.51. The van der Waals surface area contributed by atoms with Crippen LogP contribution < -0.4 is 5.32 Å². The van der Waals surface area contributed by atoms with E-state index in [-0.39, 0.29) is 24.7 Å². The molecule has 19 heavy (non-hydrogen) atoms. The van der Waals surface area contributed by atoms with Gasteiger partial charge in [0.1, 0.15) is 5.60 Å². The van der Waals surface area contributed by atoms with E-state index in [4.69, 9.17) is 4.74 Å². The van der Waals surface area contributed by atoms with Crippen LogP contribution in [0.15, 0.2) is 0 Å². The van der Waals surface area contributed by atoms with Crippen LogP contribution in [0.2, 0.25) is 0 Å². The molecule has 0 saturated heterocycles. The van der Waals surface area contributed by atoms with Gasteiger partial charge >= 0.3 is 6.09 Å². The second-order valence-electron chi connectivity index (χ2n) is 7.04. The SMILES string of the molecule is CC(C)(C)OC(=O)N[C@H]1C[C@H]2CCCC[C@@H]2[C@H]1CO. The maximum Gasteiger partial charge on any atom is 0.407 e. The Kier molecular flexibility index (Phi) is 4.39. The molecule has 110 valence electrons. The Morgan fingerprint density at radius 1 is 1.32 bits per heavy atom. The van der Waals surface area contributed by atoms with Gasteiger partial charge in [-0.05, 0) is 45.4 Å². The van der Waals surface area contributed by atoms with Crippen LogP contribution in [0.1, 0.15) is 52.9 Å². The number of amides is 1. The summed E-state index contributed by atoms with van der Waals surface area (Å²) >= 11 is 0. The Bertz CT molecular complexity index is 324. The number of alkyl carbamates (subject to hydrolysis) is 1. The first-order valence-electron chi connectivity index (χ1n) is 7.51. The Hall–Kier alpha value is -0.770. The Balaban J connectivity index is 1.94. The molecule has 0 aromatic heterocycles. The standard InChI is InChI=1S/C15H27NO3/c1-15(2,3)19-14(18)16-13-8-10-6-4-5-7-11(10)12(13)9-17/h10-13,17H,4-9H2,1-3H3,(H,16,18)/t10-,11+,12-,13+/m1/s1. The third-order valence-corrected chi connectivity index (χ3v) is 4.50. The minimum Gasteiger partial charge on any atom is -0.444 e. The van der Waals surface area contributed by atoms with Crippen LogP contribution in [0.3, 0.4) is 0 Å². The van der Waals surface area contributed by atoms with Crippen molar-refractivity contribution >= 4 is 6.09 Å². The lowest BCUT2D eigenvalue weighted by molar-refractivity contribution is 0.0472. The maximum atomic E-state index is 11.9. The molecule has 1 amide bonds. The quantitative estimate of drug-likeness (QED) is 0.810. The lowest BCUT2D eigenvalue weighted by Gasteiger charge is -2.29. The summed E-state index contributed by atoms with van der Waals surface area (Å²) in [7, 11) is 0. The molecule has 2 N–H and O–H groups in total. The van der Waals surface area contributed by atoms with Gasteiger partial charge in [0.2, 0.25) is 0 Å². The highest BCUT2D eigenvalue weighted by molar-refractivity contribution is 5.68. The number of aliphatic hydroxyl groups is 1. The van der Waals surface area contributed by atoms with E-state index in [1.54, 1.807) is 0 Å². The van der Waals surface area contributed by atoms with Gasteiger partial charge in [0.05, 0.1) is 0 Å². The van der Waals surface area contributed by atoms with Crippen LogP contribution in [0.5, 0.6) is 0 Å². The first-order chi connectivity index (χ1) is 8.90. The molecule has 0 radical (unpaired) electrons. The number of ether oxygens (including phenoxy) is 1. The van der Waals surface area contributed by atoms with Crippen molar-refractivity contribution < 1.29 is 14.6 Å². The highest BCUT2D eigenvalue weighted by Gasteiger charge is 2.44. The molecule has 2 fully saturated rings. The zero-order valence-corrected chi connectivity index (χ0v) is 12.3. The molecule has 4 nitrogen and oxygen atoms in total. The van der Waals surface area contributed by atoms with Gasteiger partial charge in [-0.25, -0.2) is 4.79 Å². The number of carbonyl (C=O) groups excluding carboxylic acids is 1. The molecule has 0 heterocycles. The number of aliphatic hydroxyl groups excluding tert-OH is 1. The summed E-state index contributed by atoms with van der Waals surface area (Å²) in [4.78, 5) is 11.9. The normalized spacial score (nSPS) is 34.7. The van der Waals surface area contributed by atoms with Crippen molar-refractivity contribution in [2.45, 2.75) is 64.5 Å². The number of nitrogens with one attached hydrogen (secondary N) is 1. The van der Waals surface area contributed by atoms with Gasteiger partial charge in [0, 0.05) is 18.6 Å². The zero-order valence-electron chi connectivity index (χ0n) is 12.3. The highest BCUT2D eigenvalue weighted by Crippen LogP contribution is 2.45. The van der Waals surface area contributed by atoms with E-state index in [1.807, 2.05) is 20.8 Å². The minimum atomic E-state index is -0.468. The van der Waals surface area contributed by atoms with E-state index in [0.717, 1.165) is 6.42 Å². The average molecular weight is 269 g/mol. The van der Waals surface area contributed by atoms with Crippen LogP contribution in [0.25, 0.3) is 0 Å². The molecule has 2 aliphatic carbocycles. The highest BCUT2D eigenvalue weighted by atomic mass is 16.6. The fraction of sp³-hybridized carbons (Fsp3) is 0.933. The van der Waals surface area contributed by atoms with Gasteiger partial charge in [-0.2, -0.15) is 0 Å². The van der Waals surface area contributed by atoms with Gasteiger partial charge in [-0.1, -0.05) is 19.3 Å². The summed E-state index contributed by atoms with van der Waals surface area (Å²) in [6, 6.07) is 0.0768. The molecule has 0 aliphatic heterocycles. The first kappa shape index (κ1) is 14.6. The molecule has 2 saturated carbocycles. The Labute approximate surface area is 115 Å². The Morgan fingerprint density at radius 3 is 2.63 bits per heavy atom. The largest absolute Gasteiger partial charge is 0.444 e. The monoisotopic (exact) mass is 269 g/mol. The summed E-state index contributed by atoms with van der Waals surface area (Å²) < 4.78 is 5.31. The molecule has 2 aliphatic rings.